The molecule has 0 spiro atoms. The fourth-order valence-electron chi connectivity index (χ4n) is 1.47. The van der Waals surface area contributed by atoms with E-state index in [4.69, 9.17) is 9.84 Å². The van der Waals surface area contributed by atoms with E-state index in [1.807, 2.05) is 0 Å². The number of amides is 2. The number of morpholine rings is 1. The van der Waals surface area contributed by atoms with E-state index in [2.05, 4.69) is 5.32 Å². The van der Waals surface area contributed by atoms with Gasteiger partial charge in [-0.05, 0) is 19.8 Å². The maximum absolute atomic E-state index is 11.5. The molecule has 1 rings (SSSR count). The van der Waals surface area contributed by atoms with E-state index in [9.17, 15) is 4.79 Å². The molecule has 1 heterocycles. The minimum Gasteiger partial charge on any atom is -0.393 e. The summed E-state index contributed by atoms with van der Waals surface area (Å²) in [6.07, 6.45) is 1.25. The first-order chi connectivity index (χ1) is 7.20. The van der Waals surface area contributed by atoms with E-state index in [-0.39, 0.29) is 12.1 Å². The number of nitrogens with one attached hydrogen (secondary N) is 1. The molecule has 5 nitrogen and oxygen atoms in total. The Kier molecular flexibility index (Phi) is 5.42. The van der Waals surface area contributed by atoms with Crippen LogP contribution in [0.1, 0.15) is 19.8 Å². The Morgan fingerprint density at radius 1 is 1.53 bits per heavy atom. The number of carbonyl (C=O) groups is 1. The Morgan fingerprint density at radius 3 is 2.80 bits per heavy atom. The molecule has 0 aromatic heterocycles. The second-order valence-corrected chi connectivity index (χ2v) is 3.82. The quantitative estimate of drug-likeness (QED) is 0.659. The van der Waals surface area contributed by atoms with Gasteiger partial charge in [-0.15, -0.1) is 0 Å². The molecule has 0 bridgehead atoms. The van der Waals surface area contributed by atoms with Crippen molar-refractivity contribution in [3.05, 3.63) is 0 Å². The van der Waals surface area contributed by atoms with Crippen LogP contribution in [0, 0.1) is 0 Å². The number of aliphatic hydroxyl groups is 1. The summed E-state index contributed by atoms with van der Waals surface area (Å²) < 4.78 is 5.15. The molecule has 1 fully saturated rings. The van der Waals surface area contributed by atoms with Gasteiger partial charge in [0, 0.05) is 19.6 Å². The number of nitrogens with zero attached hydrogens (tertiary/aromatic N) is 1. The van der Waals surface area contributed by atoms with Gasteiger partial charge in [0.05, 0.1) is 19.3 Å². The molecule has 0 aromatic rings. The number of hydrogen-bond donors (Lipinski definition) is 2. The van der Waals surface area contributed by atoms with Gasteiger partial charge in [0.1, 0.15) is 0 Å². The maximum Gasteiger partial charge on any atom is 0.317 e. The molecule has 1 unspecified atom stereocenters. The van der Waals surface area contributed by atoms with Crippen LogP contribution in [0.5, 0.6) is 0 Å². The number of ether oxygens (including phenoxy) is 1. The molecule has 0 aliphatic carbocycles. The Hall–Kier alpha value is -0.810. The van der Waals surface area contributed by atoms with Gasteiger partial charge in [0.25, 0.3) is 0 Å². The Morgan fingerprint density at radius 2 is 2.20 bits per heavy atom. The summed E-state index contributed by atoms with van der Waals surface area (Å²) in [7, 11) is 0. The summed E-state index contributed by atoms with van der Waals surface area (Å²) in [5, 5.41) is 11.9. The molecule has 2 amide bonds. The minimum absolute atomic E-state index is 0.0242. The molecule has 1 saturated heterocycles. The SMILES string of the molecule is CC(O)CCCNC(=O)N1CCOCC1. The van der Waals surface area contributed by atoms with Crippen LogP contribution in [-0.4, -0.2) is 55.0 Å². The summed E-state index contributed by atoms with van der Waals surface area (Å²) in [5.41, 5.74) is 0. The normalized spacial score (nSPS) is 18.7. The molecule has 1 aliphatic rings. The van der Waals surface area contributed by atoms with E-state index in [0.29, 0.717) is 32.8 Å². The van der Waals surface area contributed by atoms with Crippen molar-refractivity contribution in [3.8, 4) is 0 Å². The van der Waals surface area contributed by atoms with E-state index >= 15 is 0 Å². The average molecular weight is 216 g/mol. The number of carbonyl (C=O) groups excluding carboxylic acids is 1. The van der Waals surface area contributed by atoms with Crippen LogP contribution in [0.15, 0.2) is 0 Å². The molecule has 1 aliphatic heterocycles. The monoisotopic (exact) mass is 216 g/mol. The smallest absolute Gasteiger partial charge is 0.317 e. The zero-order chi connectivity index (χ0) is 11.1. The second kappa shape index (κ2) is 6.63. The first kappa shape index (κ1) is 12.3. The Labute approximate surface area is 90.4 Å². The molecule has 5 heteroatoms. The Balaban J connectivity index is 2.07. The zero-order valence-corrected chi connectivity index (χ0v) is 9.24. The van der Waals surface area contributed by atoms with E-state index in [1.54, 1.807) is 11.8 Å². The highest BCUT2D eigenvalue weighted by atomic mass is 16.5. The number of aliphatic hydroxyl groups excluding tert-OH is 1. The van der Waals surface area contributed by atoms with Crippen molar-refractivity contribution in [1.29, 1.82) is 0 Å². The highest BCUT2D eigenvalue weighted by molar-refractivity contribution is 5.74. The van der Waals surface area contributed by atoms with Gasteiger partial charge < -0.3 is 20.1 Å². The third kappa shape index (κ3) is 4.99. The molecular weight excluding hydrogens is 196 g/mol. The lowest BCUT2D eigenvalue weighted by molar-refractivity contribution is 0.0531. The topological polar surface area (TPSA) is 61.8 Å². The van der Waals surface area contributed by atoms with Gasteiger partial charge in [-0.25, -0.2) is 4.79 Å². The molecule has 15 heavy (non-hydrogen) atoms. The summed E-state index contributed by atoms with van der Waals surface area (Å²) in [4.78, 5) is 13.3. The lowest BCUT2D eigenvalue weighted by Gasteiger charge is -2.26. The number of hydrogen-bond acceptors (Lipinski definition) is 3. The van der Waals surface area contributed by atoms with Gasteiger partial charge in [-0.2, -0.15) is 0 Å². The molecule has 0 saturated carbocycles. The lowest BCUT2D eigenvalue weighted by Crippen LogP contribution is -2.46. The van der Waals surface area contributed by atoms with Gasteiger partial charge in [0.2, 0.25) is 0 Å². The van der Waals surface area contributed by atoms with E-state index < -0.39 is 0 Å². The zero-order valence-electron chi connectivity index (χ0n) is 9.24. The van der Waals surface area contributed by atoms with Crippen molar-refractivity contribution in [2.24, 2.45) is 0 Å². The molecule has 2 N–H and O–H groups in total. The van der Waals surface area contributed by atoms with Crippen LogP contribution in [0.3, 0.4) is 0 Å². The second-order valence-electron chi connectivity index (χ2n) is 3.82. The lowest BCUT2D eigenvalue weighted by atomic mass is 10.2. The van der Waals surface area contributed by atoms with E-state index in [0.717, 1.165) is 12.8 Å². The van der Waals surface area contributed by atoms with Crippen LogP contribution in [0.2, 0.25) is 0 Å². The number of rotatable bonds is 4. The maximum atomic E-state index is 11.5. The highest BCUT2D eigenvalue weighted by Crippen LogP contribution is 1.98. The van der Waals surface area contributed by atoms with Crippen molar-refractivity contribution in [3.63, 3.8) is 0 Å². The summed E-state index contributed by atoms with van der Waals surface area (Å²) in [6.45, 7) is 4.97. The van der Waals surface area contributed by atoms with Gasteiger partial charge in [0.15, 0.2) is 0 Å². The van der Waals surface area contributed by atoms with Crippen molar-refractivity contribution in [2.75, 3.05) is 32.8 Å². The van der Waals surface area contributed by atoms with Crippen molar-refractivity contribution in [1.82, 2.24) is 10.2 Å². The predicted molar refractivity (Wildman–Crippen MR) is 56.7 cm³/mol. The number of urea groups is 1. The third-order valence-electron chi connectivity index (χ3n) is 2.37. The average Bonchev–Trinajstić information content (AvgIpc) is 2.25. The predicted octanol–water partition coefficient (Wildman–Crippen LogP) is 0.189. The summed E-state index contributed by atoms with van der Waals surface area (Å²) in [5.74, 6) is 0. The summed E-state index contributed by atoms with van der Waals surface area (Å²) in [6, 6.07) is -0.0242. The highest BCUT2D eigenvalue weighted by Gasteiger charge is 2.15. The standard InChI is InChI=1S/C10H20N2O3/c1-9(13)3-2-4-11-10(14)12-5-7-15-8-6-12/h9,13H,2-8H2,1H3,(H,11,14). The minimum atomic E-state index is -0.287. The fraction of sp³-hybridized carbons (Fsp3) is 0.900. The van der Waals surface area contributed by atoms with Crippen LogP contribution in [-0.2, 0) is 4.74 Å². The molecule has 1 atom stereocenters. The van der Waals surface area contributed by atoms with E-state index in [1.165, 1.54) is 0 Å². The Bertz CT molecular complexity index is 191. The molecule has 0 aromatic carbocycles. The van der Waals surface area contributed by atoms with Gasteiger partial charge in [-0.1, -0.05) is 0 Å². The first-order valence-electron chi connectivity index (χ1n) is 5.48. The van der Waals surface area contributed by atoms with Crippen molar-refractivity contribution < 1.29 is 14.6 Å². The van der Waals surface area contributed by atoms with Crippen LogP contribution >= 0.6 is 0 Å². The molecule has 88 valence electrons. The largest absolute Gasteiger partial charge is 0.393 e. The van der Waals surface area contributed by atoms with Crippen LogP contribution in [0.25, 0.3) is 0 Å². The van der Waals surface area contributed by atoms with Gasteiger partial charge >= 0.3 is 6.03 Å². The summed E-state index contributed by atoms with van der Waals surface area (Å²) >= 11 is 0. The van der Waals surface area contributed by atoms with Gasteiger partial charge in [-0.3, -0.25) is 0 Å². The first-order valence-corrected chi connectivity index (χ1v) is 5.48. The van der Waals surface area contributed by atoms with Crippen LogP contribution in [0.4, 0.5) is 4.79 Å². The molecular formula is C10H20N2O3. The molecule has 0 radical (unpaired) electrons. The van der Waals surface area contributed by atoms with Crippen molar-refractivity contribution >= 4 is 6.03 Å². The fourth-order valence-corrected chi connectivity index (χ4v) is 1.47. The third-order valence-corrected chi connectivity index (χ3v) is 2.37. The van der Waals surface area contributed by atoms with Crippen LogP contribution < -0.4 is 5.32 Å². The van der Waals surface area contributed by atoms with Crippen molar-refractivity contribution in [2.45, 2.75) is 25.9 Å².